The van der Waals surface area contributed by atoms with Crippen LogP contribution in [0.2, 0.25) is 0 Å². The van der Waals surface area contributed by atoms with Crippen LogP contribution in [0.1, 0.15) is 47.0 Å². The second-order valence-corrected chi connectivity index (χ2v) is 5.91. The van der Waals surface area contributed by atoms with Crippen molar-refractivity contribution in [3.8, 4) is 0 Å². The number of allylic oxidation sites excluding steroid dienone is 2. The molecule has 1 fully saturated rings. The topological polar surface area (TPSA) is 0 Å². The Hall–Kier alpha value is -0.260. The normalized spacial score (nSPS) is 42.8. The van der Waals surface area contributed by atoms with Crippen LogP contribution in [0.3, 0.4) is 0 Å². The van der Waals surface area contributed by atoms with Gasteiger partial charge in [0.05, 0.1) is 0 Å². The first-order valence-electron chi connectivity index (χ1n) is 5.71. The van der Waals surface area contributed by atoms with Crippen molar-refractivity contribution in [3.05, 3.63) is 11.6 Å². The fourth-order valence-electron chi connectivity index (χ4n) is 3.58. The summed E-state index contributed by atoms with van der Waals surface area (Å²) in [5, 5.41) is 0. The highest BCUT2D eigenvalue weighted by molar-refractivity contribution is 5.24. The van der Waals surface area contributed by atoms with E-state index in [1.807, 2.05) is 0 Å². The van der Waals surface area contributed by atoms with Crippen LogP contribution in [-0.4, -0.2) is 0 Å². The average Bonchev–Trinajstić information content (AvgIpc) is 2.31. The lowest BCUT2D eigenvalue weighted by Crippen LogP contribution is -2.30. The molecule has 2 rings (SSSR count). The van der Waals surface area contributed by atoms with E-state index in [2.05, 4.69) is 33.8 Å². The van der Waals surface area contributed by atoms with Crippen LogP contribution in [0.15, 0.2) is 11.6 Å². The minimum atomic E-state index is 0.493. The zero-order valence-electron chi connectivity index (χ0n) is 9.43. The maximum Gasteiger partial charge on any atom is -0.0139 e. The first-order valence-corrected chi connectivity index (χ1v) is 5.71. The minimum Gasteiger partial charge on any atom is -0.0842 e. The molecule has 0 amide bonds. The maximum atomic E-state index is 2.53. The van der Waals surface area contributed by atoms with E-state index in [9.17, 15) is 0 Å². The monoisotopic (exact) mass is 178 g/mol. The quantitative estimate of drug-likeness (QED) is 0.491. The molecule has 13 heavy (non-hydrogen) atoms. The van der Waals surface area contributed by atoms with Gasteiger partial charge in [-0.05, 0) is 42.4 Å². The Morgan fingerprint density at radius 2 is 2.00 bits per heavy atom. The molecular formula is C13H22. The molecule has 1 saturated carbocycles. The van der Waals surface area contributed by atoms with E-state index in [1.54, 1.807) is 5.57 Å². The van der Waals surface area contributed by atoms with Crippen LogP contribution in [-0.2, 0) is 0 Å². The van der Waals surface area contributed by atoms with Crippen LogP contribution < -0.4 is 0 Å². The molecule has 2 aliphatic rings. The van der Waals surface area contributed by atoms with Crippen molar-refractivity contribution in [3.63, 3.8) is 0 Å². The molecule has 0 aromatic carbocycles. The highest BCUT2D eigenvalue weighted by Crippen LogP contribution is 2.52. The molecule has 0 heterocycles. The van der Waals surface area contributed by atoms with Gasteiger partial charge in [0.1, 0.15) is 0 Å². The first-order chi connectivity index (χ1) is 6.00. The van der Waals surface area contributed by atoms with Gasteiger partial charge in [0, 0.05) is 0 Å². The van der Waals surface area contributed by atoms with Crippen LogP contribution in [0.5, 0.6) is 0 Å². The molecule has 3 unspecified atom stereocenters. The molecular weight excluding hydrogens is 156 g/mol. The SMILES string of the molecule is CC1CC2C(=CCC2C)C(C)(C)C1. The van der Waals surface area contributed by atoms with Gasteiger partial charge in [-0.3, -0.25) is 0 Å². The molecule has 0 aromatic heterocycles. The fraction of sp³-hybridized carbons (Fsp3) is 0.846. The standard InChI is InChI=1S/C13H22/c1-9-7-11-10(2)5-6-12(11)13(3,4)8-9/h6,9-11H,5,7-8H2,1-4H3. The zero-order chi connectivity index (χ0) is 9.64. The third kappa shape index (κ3) is 1.45. The van der Waals surface area contributed by atoms with Crippen molar-refractivity contribution in [2.24, 2.45) is 23.2 Å². The van der Waals surface area contributed by atoms with Crippen LogP contribution in [0.25, 0.3) is 0 Å². The predicted octanol–water partition coefficient (Wildman–Crippen LogP) is 4.02. The molecule has 0 nitrogen and oxygen atoms in total. The highest BCUT2D eigenvalue weighted by atomic mass is 14.5. The molecule has 74 valence electrons. The van der Waals surface area contributed by atoms with Crippen LogP contribution in [0.4, 0.5) is 0 Å². The van der Waals surface area contributed by atoms with Crippen molar-refractivity contribution >= 4 is 0 Å². The molecule has 0 saturated heterocycles. The number of hydrogen-bond donors (Lipinski definition) is 0. The Bertz CT molecular complexity index is 234. The summed E-state index contributed by atoms with van der Waals surface area (Å²) in [5.74, 6) is 2.76. The fourth-order valence-corrected chi connectivity index (χ4v) is 3.58. The van der Waals surface area contributed by atoms with E-state index in [4.69, 9.17) is 0 Å². The number of hydrogen-bond acceptors (Lipinski definition) is 0. The summed E-state index contributed by atoms with van der Waals surface area (Å²) in [4.78, 5) is 0. The van der Waals surface area contributed by atoms with Crippen molar-refractivity contribution in [2.45, 2.75) is 47.0 Å². The molecule has 0 heteroatoms. The lowest BCUT2D eigenvalue weighted by Gasteiger charge is -2.41. The Labute approximate surface area is 82.4 Å². The van der Waals surface area contributed by atoms with Crippen molar-refractivity contribution < 1.29 is 0 Å². The summed E-state index contributed by atoms with van der Waals surface area (Å²) in [6.45, 7) is 9.70. The summed E-state index contributed by atoms with van der Waals surface area (Å²) >= 11 is 0. The highest BCUT2D eigenvalue weighted by Gasteiger charge is 2.41. The molecule has 2 aliphatic carbocycles. The third-order valence-electron chi connectivity index (χ3n) is 4.09. The second kappa shape index (κ2) is 2.87. The van der Waals surface area contributed by atoms with E-state index in [1.165, 1.54) is 19.3 Å². The van der Waals surface area contributed by atoms with E-state index in [0.717, 1.165) is 17.8 Å². The summed E-state index contributed by atoms with van der Waals surface area (Å²) < 4.78 is 0. The van der Waals surface area contributed by atoms with Crippen LogP contribution in [0, 0.1) is 23.2 Å². The van der Waals surface area contributed by atoms with Crippen molar-refractivity contribution in [1.29, 1.82) is 0 Å². The van der Waals surface area contributed by atoms with Gasteiger partial charge in [0.2, 0.25) is 0 Å². The van der Waals surface area contributed by atoms with Crippen LogP contribution >= 0.6 is 0 Å². The van der Waals surface area contributed by atoms with Gasteiger partial charge in [-0.25, -0.2) is 0 Å². The maximum absolute atomic E-state index is 2.53. The molecule has 0 radical (unpaired) electrons. The van der Waals surface area contributed by atoms with Gasteiger partial charge in [-0.1, -0.05) is 39.3 Å². The summed E-state index contributed by atoms with van der Waals surface area (Å²) in [6, 6.07) is 0. The largest absolute Gasteiger partial charge is 0.0842 e. The van der Waals surface area contributed by atoms with E-state index < -0.39 is 0 Å². The van der Waals surface area contributed by atoms with Gasteiger partial charge in [0.25, 0.3) is 0 Å². The molecule has 0 bridgehead atoms. The molecule has 3 atom stereocenters. The predicted molar refractivity (Wildman–Crippen MR) is 57.5 cm³/mol. The Morgan fingerprint density at radius 3 is 2.69 bits per heavy atom. The second-order valence-electron chi connectivity index (χ2n) is 5.91. The Balaban J connectivity index is 2.26. The molecule has 0 N–H and O–H groups in total. The van der Waals surface area contributed by atoms with E-state index >= 15 is 0 Å². The van der Waals surface area contributed by atoms with Gasteiger partial charge in [0.15, 0.2) is 0 Å². The number of rotatable bonds is 0. The smallest absolute Gasteiger partial charge is 0.0139 e. The average molecular weight is 178 g/mol. The lowest BCUT2D eigenvalue weighted by molar-refractivity contribution is 0.195. The van der Waals surface area contributed by atoms with Crippen molar-refractivity contribution in [1.82, 2.24) is 0 Å². The summed E-state index contributed by atoms with van der Waals surface area (Å²) in [6.07, 6.45) is 6.69. The molecule has 0 aromatic rings. The minimum absolute atomic E-state index is 0.493. The zero-order valence-corrected chi connectivity index (χ0v) is 9.43. The Morgan fingerprint density at radius 1 is 1.31 bits per heavy atom. The number of fused-ring (bicyclic) bond motifs is 1. The van der Waals surface area contributed by atoms with Gasteiger partial charge >= 0.3 is 0 Å². The van der Waals surface area contributed by atoms with Gasteiger partial charge in [-0.15, -0.1) is 0 Å². The Kier molecular flexibility index (Phi) is 2.05. The first kappa shape index (κ1) is 9.30. The van der Waals surface area contributed by atoms with E-state index in [0.29, 0.717) is 5.41 Å². The molecule has 0 spiro atoms. The van der Waals surface area contributed by atoms with Gasteiger partial charge in [-0.2, -0.15) is 0 Å². The summed E-state index contributed by atoms with van der Waals surface area (Å²) in [5.41, 5.74) is 2.27. The molecule has 0 aliphatic heterocycles. The summed E-state index contributed by atoms with van der Waals surface area (Å²) in [7, 11) is 0. The van der Waals surface area contributed by atoms with E-state index in [-0.39, 0.29) is 0 Å². The lowest BCUT2D eigenvalue weighted by atomic mass is 9.64. The van der Waals surface area contributed by atoms with Gasteiger partial charge < -0.3 is 0 Å². The van der Waals surface area contributed by atoms with Crippen molar-refractivity contribution in [2.75, 3.05) is 0 Å². The third-order valence-corrected chi connectivity index (χ3v) is 4.09.